The first kappa shape index (κ1) is 9.03. The molecule has 0 aromatic heterocycles. The molecule has 0 saturated carbocycles. The average Bonchev–Trinajstić information content (AvgIpc) is 2.26. The zero-order valence-electron chi connectivity index (χ0n) is 7.77. The Morgan fingerprint density at radius 2 is 1.86 bits per heavy atom. The van der Waals surface area contributed by atoms with Crippen molar-refractivity contribution in [1.82, 2.24) is 0 Å². The summed E-state index contributed by atoms with van der Waals surface area (Å²) in [4.78, 5) is 0. The van der Waals surface area contributed by atoms with E-state index < -0.39 is 0 Å². The van der Waals surface area contributed by atoms with Crippen molar-refractivity contribution in [3.63, 3.8) is 0 Å². The topological polar surface area (TPSA) is 32.3 Å². The van der Waals surface area contributed by atoms with Crippen molar-refractivity contribution in [2.75, 3.05) is 11.9 Å². The minimum atomic E-state index is 0.0310. The zero-order chi connectivity index (χ0) is 9.80. The van der Waals surface area contributed by atoms with Crippen LogP contribution in [0.1, 0.15) is 0 Å². The second kappa shape index (κ2) is 4.11. The first-order valence-electron chi connectivity index (χ1n) is 4.58. The molecule has 0 unspecified atom stereocenters. The maximum atomic E-state index is 8.68. The number of benzene rings is 2. The number of hydrogen-bond acceptors (Lipinski definition) is 2. The maximum absolute atomic E-state index is 8.68. The van der Waals surface area contributed by atoms with Crippen LogP contribution in [0.15, 0.2) is 42.5 Å². The molecule has 0 aliphatic rings. The summed E-state index contributed by atoms with van der Waals surface area (Å²) < 4.78 is 0. The zero-order valence-corrected chi connectivity index (χ0v) is 7.77. The van der Waals surface area contributed by atoms with Gasteiger partial charge in [0, 0.05) is 11.1 Å². The van der Waals surface area contributed by atoms with Gasteiger partial charge in [-0.15, -0.1) is 0 Å². The van der Waals surface area contributed by atoms with Gasteiger partial charge in [-0.1, -0.05) is 36.4 Å². The normalized spacial score (nSPS) is 10.4. The molecule has 2 nitrogen and oxygen atoms in total. The minimum Gasteiger partial charge on any atom is -0.394 e. The second-order valence-electron chi connectivity index (χ2n) is 3.06. The summed E-state index contributed by atoms with van der Waals surface area (Å²) in [5, 5.41) is 14.1. The van der Waals surface area contributed by atoms with Gasteiger partial charge >= 0.3 is 0 Å². The van der Waals surface area contributed by atoms with Crippen LogP contribution in [0.5, 0.6) is 0 Å². The van der Waals surface area contributed by atoms with Gasteiger partial charge in [-0.05, 0) is 11.5 Å². The van der Waals surface area contributed by atoms with Gasteiger partial charge in [-0.3, -0.25) is 0 Å². The summed E-state index contributed by atoms with van der Waals surface area (Å²) >= 11 is 0. The number of anilines is 1. The highest BCUT2D eigenvalue weighted by molar-refractivity contribution is 5.93. The van der Waals surface area contributed by atoms with E-state index in [0.717, 1.165) is 5.69 Å². The van der Waals surface area contributed by atoms with Crippen LogP contribution in [0.2, 0.25) is 0 Å². The molecule has 2 aromatic rings. The summed E-state index contributed by atoms with van der Waals surface area (Å²) in [6, 6.07) is 14.2. The van der Waals surface area contributed by atoms with Crippen molar-refractivity contribution in [3.05, 3.63) is 49.0 Å². The Labute approximate surface area is 83.2 Å². The third kappa shape index (κ3) is 1.70. The molecule has 2 heteroatoms. The second-order valence-corrected chi connectivity index (χ2v) is 3.06. The Kier molecular flexibility index (Phi) is 2.65. The predicted octanol–water partition coefficient (Wildman–Crippen LogP) is 2.41. The van der Waals surface area contributed by atoms with Crippen LogP contribution in [0, 0.1) is 6.54 Å². The molecule has 0 heterocycles. The van der Waals surface area contributed by atoms with Crippen LogP contribution in [-0.2, 0) is 0 Å². The van der Waals surface area contributed by atoms with E-state index in [4.69, 9.17) is 5.11 Å². The Hall–Kier alpha value is -1.54. The largest absolute Gasteiger partial charge is 0.394 e. The van der Waals surface area contributed by atoms with Crippen molar-refractivity contribution in [1.29, 1.82) is 0 Å². The van der Waals surface area contributed by atoms with E-state index in [2.05, 4.69) is 23.5 Å². The van der Waals surface area contributed by atoms with Gasteiger partial charge in [-0.2, -0.15) is 0 Å². The van der Waals surface area contributed by atoms with Crippen molar-refractivity contribution in [3.8, 4) is 0 Å². The lowest BCUT2D eigenvalue weighted by atomic mass is 10.1. The van der Waals surface area contributed by atoms with E-state index in [1.807, 2.05) is 24.3 Å². The fourth-order valence-electron chi connectivity index (χ4n) is 1.51. The summed E-state index contributed by atoms with van der Waals surface area (Å²) in [7, 11) is 0. The fourth-order valence-corrected chi connectivity index (χ4v) is 1.51. The molecule has 0 saturated heterocycles. The molecule has 0 amide bonds. The molecule has 1 radical (unpaired) electrons. The first-order valence-corrected chi connectivity index (χ1v) is 4.58. The van der Waals surface area contributed by atoms with E-state index in [9.17, 15) is 0 Å². The quantitative estimate of drug-likeness (QED) is 0.771. The molecule has 0 aliphatic heterocycles. The Morgan fingerprint density at radius 3 is 2.71 bits per heavy atom. The molecule has 0 atom stereocenters. The van der Waals surface area contributed by atoms with Crippen LogP contribution in [0.4, 0.5) is 5.69 Å². The van der Waals surface area contributed by atoms with Crippen molar-refractivity contribution >= 4 is 16.5 Å². The summed E-state index contributed by atoms with van der Waals surface area (Å²) in [5.74, 6) is 0. The maximum Gasteiger partial charge on any atom is 0.0716 e. The standard InChI is InChI=1S/C12H12NO/c14-9-8-13-12-7-3-5-10-4-1-2-6-11(10)12/h1-8,13-14H,9H2. The Balaban J connectivity index is 2.43. The first-order chi connectivity index (χ1) is 6.92. The lowest BCUT2D eigenvalue weighted by Crippen LogP contribution is -1.98. The molecule has 0 fully saturated rings. The number of aliphatic hydroxyl groups excluding tert-OH is 1. The molecule has 0 aliphatic carbocycles. The molecule has 0 spiro atoms. The van der Waals surface area contributed by atoms with Gasteiger partial charge in [0.05, 0.1) is 13.2 Å². The molecule has 0 bridgehead atoms. The van der Waals surface area contributed by atoms with E-state index in [0.29, 0.717) is 0 Å². The molecular weight excluding hydrogens is 174 g/mol. The van der Waals surface area contributed by atoms with E-state index >= 15 is 0 Å². The van der Waals surface area contributed by atoms with Gasteiger partial charge in [0.15, 0.2) is 0 Å². The minimum absolute atomic E-state index is 0.0310. The van der Waals surface area contributed by atoms with Gasteiger partial charge in [0.2, 0.25) is 0 Å². The van der Waals surface area contributed by atoms with Crippen molar-refractivity contribution in [2.24, 2.45) is 0 Å². The van der Waals surface area contributed by atoms with Gasteiger partial charge in [0.25, 0.3) is 0 Å². The number of nitrogens with one attached hydrogen (secondary N) is 1. The van der Waals surface area contributed by atoms with E-state index in [1.165, 1.54) is 10.8 Å². The predicted molar refractivity (Wildman–Crippen MR) is 59.0 cm³/mol. The van der Waals surface area contributed by atoms with E-state index in [1.54, 1.807) is 6.54 Å². The Morgan fingerprint density at radius 1 is 1.07 bits per heavy atom. The van der Waals surface area contributed by atoms with Crippen LogP contribution in [0.25, 0.3) is 10.8 Å². The lowest BCUT2D eigenvalue weighted by molar-refractivity contribution is 0.330. The molecule has 2 aromatic carbocycles. The number of hydrogen-bond donors (Lipinski definition) is 2. The Bertz CT molecular complexity index is 420. The number of rotatable bonds is 3. The van der Waals surface area contributed by atoms with Gasteiger partial charge in [-0.25, -0.2) is 0 Å². The average molecular weight is 186 g/mol. The monoisotopic (exact) mass is 186 g/mol. The summed E-state index contributed by atoms with van der Waals surface area (Å²) in [6.45, 7) is 1.66. The van der Waals surface area contributed by atoms with Crippen LogP contribution < -0.4 is 5.32 Å². The summed E-state index contributed by atoms with van der Waals surface area (Å²) in [6.07, 6.45) is 0. The molecular formula is C12H12NO. The van der Waals surface area contributed by atoms with Gasteiger partial charge < -0.3 is 10.4 Å². The fraction of sp³-hybridized carbons (Fsp3) is 0.0833. The lowest BCUT2D eigenvalue weighted by Gasteiger charge is -2.07. The van der Waals surface area contributed by atoms with Gasteiger partial charge in [0.1, 0.15) is 0 Å². The van der Waals surface area contributed by atoms with Crippen molar-refractivity contribution in [2.45, 2.75) is 0 Å². The smallest absolute Gasteiger partial charge is 0.0716 e. The highest BCUT2D eigenvalue weighted by Crippen LogP contribution is 2.22. The SMILES string of the molecule is OC[CH]Nc1cccc2ccccc12. The van der Waals surface area contributed by atoms with Crippen LogP contribution in [-0.4, -0.2) is 11.7 Å². The molecule has 2 N–H and O–H groups in total. The number of fused-ring (bicyclic) bond motifs is 1. The van der Waals surface area contributed by atoms with E-state index in [-0.39, 0.29) is 6.61 Å². The molecule has 71 valence electrons. The molecule has 14 heavy (non-hydrogen) atoms. The highest BCUT2D eigenvalue weighted by Gasteiger charge is 1.97. The highest BCUT2D eigenvalue weighted by atomic mass is 16.3. The van der Waals surface area contributed by atoms with Crippen molar-refractivity contribution < 1.29 is 5.11 Å². The van der Waals surface area contributed by atoms with Crippen LogP contribution >= 0.6 is 0 Å². The third-order valence-corrected chi connectivity index (χ3v) is 2.14. The van der Waals surface area contributed by atoms with Crippen LogP contribution in [0.3, 0.4) is 0 Å². The number of aliphatic hydroxyl groups is 1. The molecule has 2 rings (SSSR count). The third-order valence-electron chi connectivity index (χ3n) is 2.14. The summed E-state index contributed by atoms with van der Waals surface area (Å²) in [5.41, 5.74) is 1.03.